The summed E-state index contributed by atoms with van der Waals surface area (Å²) >= 11 is 0. The van der Waals surface area contributed by atoms with Gasteiger partial charge >= 0.3 is 0 Å². The van der Waals surface area contributed by atoms with Crippen LogP contribution >= 0.6 is 0 Å². The fourth-order valence-electron chi connectivity index (χ4n) is 2.72. The van der Waals surface area contributed by atoms with Gasteiger partial charge in [0.15, 0.2) is 0 Å². The Morgan fingerprint density at radius 3 is 3.11 bits per heavy atom. The Morgan fingerprint density at radius 1 is 1.39 bits per heavy atom. The predicted molar refractivity (Wildman–Crippen MR) is 72.3 cm³/mol. The Bertz CT molecular complexity index is 458. The van der Waals surface area contributed by atoms with E-state index in [1.165, 1.54) is 5.56 Å². The fourth-order valence-corrected chi connectivity index (χ4v) is 2.72. The highest BCUT2D eigenvalue weighted by atomic mass is 16.5. The van der Waals surface area contributed by atoms with Crippen LogP contribution in [0.25, 0.3) is 0 Å². The molecule has 4 heteroatoms. The summed E-state index contributed by atoms with van der Waals surface area (Å²) in [6.07, 6.45) is 1.96. The van der Waals surface area contributed by atoms with Crippen LogP contribution in [0.15, 0.2) is 29.3 Å². The van der Waals surface area contributed by atoms with E-state index >= 15 is 0 Å². The molecule has 2 aliphatic rings. The van der Waals surface area contributed by atoms with Crippen molar-refractivity contribution in [2.75, 3.05) is 20.2 Å². The molecule has 0 bridgehead atoms. The predicted octanol–water partition coefficient (Wildman–Crippen LogP) is 0.970. The molecule has 2 unspecified atom stereocenters. The number of nitrogens with zero attached hydrogens (tertiary/aromatic N) is 1. The van der Waals surface area contributed by atoms with Gasteiger partial charge < -0.3 is 15.4 Å². The van der Waals surface area contributed by atoms with Gasteiger partial charge in [-0.1, -0.05) is 18.2 Å². The molecule has 2 atom stereocenters. The Labute approximate surface area is 107 Å². The lowest BCUT2D eigenvalue weighted by Gasteiger charge is -2.24. The van der Waals surface area contributed by atoms with Crippen LogP contribution in [0.4, 0.5) is 0 Å². The average Bonchev–Trinajstić information content (AvgIpc) is 2.81. The molecule has 1 fully saturated rings. The fraction of sp³-hybridized carbons (Fsp3) is 0.500. The number of hydrogen-bond donors (Lipinski definition) is 2. The van der Waals surface area contributed by atoms with Crippen molar-refractivity contribution in [2.24, 2.45) is 4.99 Å². The van der Waals surface area contributed by atoms with Gasteiger partial charge in [-0.15, -0.1) is 0 Å². The molecule has 1 aromatic rings. The highest BCUT2D eigenvalue weighted by Gasteiger charge is 2.30. The van der Waals surface area contributed by atoms with E-state index in [0.29, 0.717) is 12.1 Å². The molecule has 2 heterocycles. The number of hydrogen-bond acceptors (Lipinski definition) is 4. The number of piperidine rings is 1. The van der Waals surface area contributed by atoms with E-state index in [1.807, 2.05) is 18.2 Å². The summed E-state index contributed by atoms with van der Waals surface area (Å²) in [7, 11) is 1.71. The van der Waals surface area contributed by atoms with E-state index in [-0.39, 0.29) is 0 Å². The van der Waals surface area contributed by atoms with Crippen LogP contribution < -0.4 is 15.4 Å². The van der Waals surface area contributed by atoms with Crippen molar-refractivity contribution in [3.8, 4) is 5.75 Å². The zero-order valence-electron chi connectivity index (χ0n) is 10.6. The highest BCUT2D eigenvalue weighted by Crippen LogP contribution is 2.21. The number of benzene rings is 1. The molecule has 18 heavy (non-hydrogen) atoms. The summed E-state index contributed by atoms with van der Waals surface area (Å²) in [5.74, 6) is 2.04. The maximum atomic E-state index is 5.38. The van der Waals surface area contributed by atoms with E-state index in [4.69, 9.17) is 9.73 Å². The van der Waals surface area contributed by atoms with Crippen molar-refractivity contribution < 1.29 is 4.74 Å². The molecule has 0 aliphatic carbocycles. The molecule has 1 saturated heterocycles. The quantitative estimate of drug-likeness (QED) is 0.834. The van der Waals surface area contributed by atoms with Crippen LogP contribution in [0.1, 0.15) is 12.0 Å². The van der Waals surface area contributed by atoms with E-state index in [9.17, 15) is 0 Å². The first kappa shape index (κ1) is 11.5. The van der Waals surface area contributed by atoms with Gasteiger partial charge in [-0.2, -0.15) is 0 Å². The van der Waals surface area contributed by atoms with Gasteiger partial charge in [-0.25, -0.2) is 0 Å². The standard InChI is InChI=1S/C14H19N3O/c1-18-13-5-3-2-4-10(13)8-14-16-11-6-7-15-9-12(11)17-14/h2-5,11-12,15H,6-9H2,1H3,(H,16,17). The second-order valence-electron chi connectivity index (χ2n) is 4.88. The summed E-state index contributed by atoms with van der Waals surface area (Å²) in [4.78, 5) is 4.79. The van der Waals surface area contributed by atoms with Crippen molar-refractivity contribution in [3.05, 3.63) is 29.8 Å². The molecule has 4 nitrogen and oxygen atoms in total. The topological polar surface area (TPSA) is 45.6 Å². The summed E-state index contributed by atoms with van der Waals surface area (Å²) in [5.41, 5.74) is 1.19. The average molecular weight is 245 g/mol. The maximum Gasteiger partial charge on any atom is 0.122 e. The lowest BCUT2D eigenvalue weighted by molar-refractivity contribution is 0.401. The van der Waals surface area contributed by atoms with Crippen LogP contribution in [-0.4, -0.2) is 38.1 Å². The van der Waals surface area contributed by atoms with Gasteiger partial charge in [0.2, 0.25) is 0 Å². The van der Waals surface area contributed by atoms with Crippen LogP contribution in [0.3, 0.4) is 0 Å². The molecule has 0 radical (unpaired) electrons. The molecule has 96 valence electrons. The first-order chi connectivity index (χ1) is 8.86. The normalized spacial score (nSPS) is 26.2. The van der Waals surface area contributed by atoms with Gasteiger partial charge in [0.1, 0.15) is 11.6 Å². The summed E-state index contributed by atoms with van der Waals surface area (Å²) in [6.45, 7) is 2.10. The smallest absolute Gasteiger partial charge is 0.122 e. The van der Waals surface area contributed by atoms with Gasteiger partial charge in [0.25, 0.3) is 0 Å². The van der Waals surface area contributed by atoms with E-state index in [2.05, 4.69) is 16.7 Å². The molecule has 3 rings (SSSR count). The number of fused-ring (bicyclic) bond motifs is 1. The van der Waals surface area contributed by atoms with E-state index in [1.54, 1.807) is 7.11 Å². The molecule has 0 spiro atoms. The Morgan fingerprint density at radius 2 is 2.28 bits per heavy atom. The summed E-state index contributed by atoms with van der Waals surface area (Å²) in [5, 5.41) is 6.93. The van der Waals surface area contributed by atoms with Gasteiger partial charge in [0, 0.05) is 18.5 Å². The molecule has 2 aliphatic heterocycles. The van der Waals surface area contributed by atoms with Gasteiger partial charge in [-0.3, -0.25) is 4.99 Å². The molecule has 2 N–H and O–H groups in total. The van der Waals surface area contributed by atoms with Crippen molar-refractivity contribution in [2.45, 2.75) is 24.9 Å². The molecular formula is C14H19N3O. The minimum absolute atomic E-state index is 0.455. The lowest BCUT2D eigenvalue weighted by atomic mass is 10.0. The highest BCUT2D eigenvalue weighted by molar-refractivity contribution is 5.87. The second kappa shape index (κ2) is 4.98. The molecule has 0 aromatic heterocycles. The Hall–Kier alpha value is -1.55. The zero-order chi connectivity index (χ0) is 12.4. The van der Waals surface area contributed by atoms with Crippen molar-refractivity contribution >= 4 is 5.84 Å². The van der Waals surface area contributed by atoms with Crippen LogP contribution in [-0.2, 0) is 6.42 Å². The number of ether oxygens (including phenoxy) is 1. The van der Waals surface area contributed by atoms with Gasteiger partial charge in [0.05, 0.1) is 19.2 Å². The number of nitrogens with one attached hydrogen (secondary N) is 2. The van der Waals surface area contributed by atoms with Crippen LogP contribution in [0.2, 0.25) is 0 Å². The molecule has 0 saturated carbocycles. The van der Waals surface area contributed by atoms with Gasteiger partial charge in [-0.05, 0) is 19.0 Å². The molecule has 1 aromatic carbocycles. The molecular weight excluding hydrogens is 226 g/mol. The third-order valence-electron chi connectivity index (χ3n) is 3.67. The van der Waals surface area contributed by atoms with Crippen molar-refractivity contribution in [3.63, 3.8) is 0 Å². The number of amidine groups is 1. The largest absolute Gasteiger partial charge is 0.496 e. The van der Waals surface area contributed by atoms with Crippen LogP contribution in [0, 0.1) is 0 Å². The number of para-hydroxylation sites is 1. The second-order valence-corrected chi connectivity index (χ2v) is 4.88. The van der Waals surface area contributed by atoms with Crippen molar-refractivity contribution in [1.29, 1.82) is 0 Å². The molecule has 0 amide bonds. The van der Waals surface area contributed by atoms with Crippen LogP contribution in [0.5, 0.6) is 5.75 Å². The zero-order valence-corrected chi connectivity index (χ0v) is 10.6. The Kier molecular flexibility index (Phi) is 3.19. The minimum Gasteiger partial charge on any atom is -0.496 e. The number of rotatable bonds is 3. The number of aliphatic imine (C=N–C) groups is 1. The first-order valence-corrected chi connectivity index (χ1v) is 6.52. The minimum atomic E-state index is 0.455. The SMILES string of the molecule is COc1ccccc1CC1=NC2CCNCC2N1. The summed E-state index contributed by atoms with van der Waals surface area (Å²) in [6, 6.07) is 9.07. The Balaban J connectivity index is 1.73. The monoisotopic (exact) mass is 245 g/mol. The maximum absolute atomic E-state index is 5.38. The first-order valence-electron chi connectivity index (χ1n) is 6.52. The summed E-state index contributed by atoms with van der Waals surface area (Å²) < 4.78 is 5.38. The third kappa shape index (κ3) is 2.20. The van der Waals surface area contributed by atoms with E-state index in [0.717, 1.165) is 37.5 Å². The number of methoxy groups -OCH3 is 1. The lowest BCUT2D eigenvalue weighted by Crippen LogP contribution is -2.48. The third-order valence-corrected chi connectivity index (χ3v) is 3.67. The van der Waals surface area contributed by atoms with E-state index < -0.39 is 0 Å². The van der Waals surface area contributed by atoms with Crippen molar-refractivity contribution in [1.82, 2.24) is 10.6 Å².